The molecule has 1 aliphatic heterocycles. The van der Waals surface area contributed by atoms with Gasteiger partial charge < -0.3 is 15.0 Å². The van der Waals surface area contributed by atoms with Gasteiger partial charge in [-0.25, -0.2) is 4.98 Å². The van der Waals surface area contributed by atoms with Crippen molar-refractivity contribution in [2.45, 2.75) is 6.18 Å². The second kappa shape index (κ2) is 8.62. The van der Waals surface area contributed by atoms with Gasteiger partial charge in [-0.05, 0) is 35.9 Å². The lowest BCUT2D eigenvalue weighted by molar-refractivity contribution is -0.137. The number of carbonyl (C=O) groups excluding carboxylic acids is 1. The number of morpholine rings is 1. The van der Waals surface area contributed by atoms with E-state index in [9.17, 15) is 18.0 Å². The number of rotatable bonds is 4. The van der Waals surface area contributed by atoms with E-state index in [0.29, 0.717) is 19.0 Å². The van der Waals surface area contributed by atoms with E-state index < -0.39 is 22.7 Å². The fourth-order valence-corrected chi connectivity index (χ4v) is 2.90. The number of aromatic nitrogens is 1. The first-order chi connectivity index (χ1) is 13.3. The van der Waals surface area contributed by atoms with Crippen LogP contribution < -0.4 is 10.2 Å². The Bertz CT molecular complexity index is 864. The van der Waals surface area contributed by atoms with Crippen molar-refractivity contribution in [1.29, 1.82) is 0 Å². The molecule has 5 nitrogen and oxygen atoms in total. The summed E-state index contributed by atoms with van der Waals surface area (Å²) in [6.07, 6.45) is -0.487. The number of benzene rings is 1. The van der Waals surface area contributed by atoms with Gasteiger partial charge in [-0.15, -0.1) is 0 Å². The third-order valence-corrected chi connectivity index (χ3v) is 4.43. The van der Waals surface area contributed by atoms with Gasteiger partial charge in [0.1, 0.15) is 5.82 Å². The van der Waals surface area contributed by atoms with E-state index in [1.165, 1.54) is 12.1 Å². The van der Waals surface area contributed by atoms with Crippen LogP contribution in [0.5, 0.6) is 0 Å². The van der Waals surface area contributed by atoms with Crippen molar-refractivity contribution < 1.29 is 22.7 Å². The van der Waals surface area contributed by atoms with Crippen LogP contribution in [0.1, 0.15) is 11.1 Å². The molecule has 1 aromatic carbocycles. The van der Waals surface area contributed by atoms with Crippen LogP contribution in [-0.4, -0.2) is 37.2 Å². The SMILES string of the molecule is O=C(/C=C\c1ccc(Cl)c(C(F)(F)F)c1)Nc1ccc(N2CCOCC2)cn1. The molecule has 1 N–H and O–H groups in total. The van der Waals surface area contributed by atoms with Crippen molar-refractivity contribution in [3.8, 4) is 0 Å². The predicted octanol–water partition coefficient (Wildman–Crippen LogP) is 4.24. The zero-order chi connectivity index (χ0) is 20.1. The Morgan fingerprint density at radius 1 is 1.21 bits per heavy atom. The number of nitrogens with zero attached hydrogens (tertiary/aromatic N) is 2. The van der Waals surface area contributed by atoms with E-state index in [4.69, 9.17) is 16.3 Å². The van der Waals surface area contributed by atoms with Gasteiger partial charge >= 0.3 is 6.18 Å². The molecule has 28 heavy (non-hydrogen) atoms. The van der Waals surface area contributed by atoms with Crippen molar-refractivity contribution >= 4 is 35.1 Å². The minimum Gasteiger partial charge on any atom is -0.378 e. The normalized spacial score (nSPS) is 15.1. The maximum absolute atomic E-state index is 12.9. The first kappa shape index (κ1) is 20.2. The molecule has 3 rings (SSSR count). The molecular formula is C19H17ClF3N3O2. The Kier molecular flexibility index (Phi) is 6.21. The summed E-state index contributed by atoms with van der Waals surface area (Å²) in [4.78, 5) is 18.3. The van der Waals surface area contributed by atoms with Crippen LogP contribution in [-0.2, 0) is 15.7 Å². The maximum atomic E-state index is 12.9. The molecule has 0 atom stereocenters. The molecule has 1 aliphatic rings. The molecule has 0 spiro atoms. The third kappa shape index (κ3) is 5.24. The summed E-state index contributed by atoms with van der Waals surface area (Å²) in [5, 5.41) is 2.18. The van der Waals surface area contributed by atoms with Crippen LogP contribution in [0, 0.1) is 0 Å². The van der Waals surface area contributed by atoms with Gasteiger partial charge in [-0.1, -0.05) is 17.7 Å². The lowest BCUT2D eigenvalue weighted by Crippen LogP contribution is -2.36. The fraction of sp³-hybridized carbons (Fsp3) is 0.263. The average molecular weight is 412 g/mol. The Balaban J connectivity index is 1.62. The molecule has 2 aromatic rings. The molecular weight excluding hydrogens is 395 g/mol. The largest absolute Gasteiger partial charge is 0.417 e. The molecule has 1 amide bonds. The predicted molar refractivity (Wildman–Crippen MR) is 101 cm³/mol. The molecule has 2 heterocycles. The molecule has 148 valence electrons. The van der Waals surface area contributed by atoms with Crippen LogP contribution in [0.15, 0.2) is 42.6 Å². The van der Waals surface area contributed by atoms with Crippen molar-refractivity contribution in [2.24, 2.45) is 0 Å². The molecule has 1 aromatic heterocycles. The zero-order valence-electron chi connectivity index (χ0n) is 14.7. The third-order valence-electron chi connectivity index (χ3n) is 4.10. The summed E-state index contributed by atoms with van der Waals surface area (Å²) in [7, 11) is 0. The van der Waals surface area contributed by atoms with E-state index in [1.807, 2.05) is 6.07 Å². The molecule has 0 radical (unpaired) electrons. The van der Waals surface area contributed by atoms with Gasteiger partial charge in [0.15, 0.2) is 0 Å². The van der Waals surface area contributed by atoms with Crippen LogP contribution in [0.2, 0.25) is 5.02 Å². The van der Waals surface area contributed by atoms with Crippen molar-refractivity contribution in [2.75, 3.05) is 36.5 Å². The summed E-state index contributed by atoms with van der Waals surface area (Å²) in [5.74, 6) is -0.158. The smallest absolute Gasteiger partial charge is 0.378 e. The summed E-state index contributed by atoms with van der Waals surface area (Å²) < 4.78 is 43.9. The average Bonchev–Trinajstić information content (AvgIpc) is 2.68. The highest BCUT2D eigenvalue weighted by molar-refractivity contribution is 6.31. The molecule has 9 heteroatoms. The molecule has 1 fully saturated rings. The molecule has 0 unspecified atom stereocenters. The lowest BCUT2D eigenvalue weighted by atomic mass is 10.1. The van der Waals surface area contributed by atoms with Crippen LogP contribution >= 0.6 is 11.6 Å². The highest BCUT2D eigenvalue weighted by atomic mass is 35.5. The van der Waals surface area contributed by atoms with Gasteiger partial charge in [-0.2, -0.15) is 13.2 Å². The van der Waals surface area contributed by atoms with Crippen molar-refractivity contribution in [1.82, 2.24) is 4.98 Å². The number of alkyl halides is 3. The quantitative estimate of drug-likeness (QED) is 0.764. The van der Waals surface area contributed by atoms with E-state index in [2.05, 4.69) is 15.2 Å². The number of halogens is 4. The fourth-order valence-electron chi connectivity index (χ4n) is 2.67. The standard InChI is InChI=1S/C19H17ClF3N3O2/c20-16-4-1-13(11-15(16)19(21,22)23)2-6-18(27)25-17-5-3-14(12-24-17)26-7-9-28-10-8-26/h1-6,11-12H,7-10H2,(H,24,25,27)/b6-2-. The van der Waals surface area contributed by atoms with Crippen molar-refractivity contribution in [3.63, 3.8) is 0 Å². The number of hydrogen-bond acceptors (Lipinski definition) is 4. The summed E-state index contributed by atoms with van der Waals surface area (Å²) in [6, 6.07) is 6.94. The maximum Gasteiger partial charge on any atom is 0.417 e. The summed E-state index contributed by atoms with van der Waals surface area (Å²) in [5.41, 5.74) is 0.192. The second-order valence-corrected chi connectivity index (χ2v) is 6.47. The minimum absolute atomic E-state index is 0.211. The van der Waals surface area contributed by atoms with E-state index in [0.717, 1.165) is 37.0 Å². The number of nitrogens with one attached hydrogen (secondary N) is 1. The van der Waals surface area contributed by atoms with Gasteiger partial charge in [-0.3, -0.25) is 4.79 Å². The van der Waals surface area contributed by atoms with Gasteiger partial charge in [0, 0.05) is 19.2 Å². The minimum atomic E-state index is -4.56. The van der Waals surface area contributed by atoms with Crippen LogP contribution in [0.25, 0.3) is 6.08 Å². The highest BCUT2D eigenvalue weighted by Crippen LogP contribution is 2.35. The highest BCUT2D eigenvalue weighted by Gasteiger charge is 2.33. The molecule has 0 aliphatic carbocycles. The van der Waals surface area contributed by atoms with Gasteiger partial charge in [0.2, 0.25) is 5.91 Å². The first-order valence-corrected chi connectivity index (χ1v) is 8.85. The zero-order valence-corrected chi connectivity index (χ0v) is 15.4. The number of carbonyl (C=O) groups is 1. The van der Waals surface area contributed by atoms with Crippen LogP contribution in [0.3, 0.4) is 0 Å². The molecule has 1 saturated heterocycles. The second-order valence-electron chi connectivity index (χ2n) is 6.06. The molecule has 0 saturated carbocycles. The molecule has 0 bridgehead atoms. The van der Waals surface area contributed by atoms with E-state index >= 15 is 0 Å². The topological polar surface area (TPSA) is 54.5 Å². The Morgan fingerprint density at radius 3 is 2.61 bits per heavy atom. The van der Waals surface area contributed by atoms with Crippen molar-refractivity contribution in [3.05, 3.63) is 58.8 Å². The Hall–Kier alpha value is -2.58. The van der Waals surface area contributed by atoms with E-state index in [-0.39, 0.29) is 5.56 Å². The number of hydrogen-bond donors (Lipinski definition) is 1. The van der Waals surface area contributed by atoms with Gasteiger partial charge in [0.05, 0.1) is 35.7 Å². The van der Waals surface area contributed by atoms with Crippen LogP contribution in [0.4, 0.5) is 24.7 Å². The monoisotopic (exact) mass is 411 g/mol. The summed E-state index contributed by atoms with van der Waals surface area (Å²) >= 11 is 5.58. The van der Waals surface area contributed by atoms with E-state index in [1.54, 1.807) is 12.3 Å². The number of pyridine rings is 1. The summed E-state index contributed by atoms with van der Waals surface area (Å²) in [6.45, 7) is 2.86. The van der Waals surface area contributed by atoms with Gasteiger partial charge in [0.25, 0.3) is 0 Å². The Morgan fingerprint density at radius 2 is 1.96 bits per heavy atom. The number of ether oxygens (including phenoxy) is 1. The number of amides is 1. The number of anilines is 2. The first-order valence-electron chi connectivity index (χ1n) is 8.47. The lowest BCUT2D eigenvalue weighted by Gasteiger charge is -2.28. The Labute approximate surface area is 164 Å².